The van der Waals surface area contributed by atoms with Crippen LogP contribution in [0.15, 0.2) is 16.6 Å². The second-order valence-electron chi connectivity index (χ2n) is 4.97. The molecule has 4 heteroatoms. The van der Waals surface area contributed by atoms with Gasteiger partial charge in [0.25, 0.3) is 0 Å². The number of halogens is 1. The molecule has 1 aromatic carbocycles. The van der Waals surface area contributed by atoms with Gasteiger partial charge >= 0.3 is 0 Å². The van der Waals surface area contributed by atoms with Crippen LogP contribution in [-0.4, -0.2) is 18.9 Å². The van der Waals surface area contributed by atoms with Crippen LogP contribution in [0.25, 0.3) is 0 Å². The molecule has 0 radical (unpaired) electrons. The zero-order valence-corrected chi connectivity index (χ0v) is 12.7. The van der Waals surface area contributed by atoms with E-state index < -0.39 is 0 Å². The lowest BCUT2D eigenvalue weighted by Gasteiger charge is -2.08. The van der Waals surface area contributed by atoms with Gasteiger partial charge in [-0.1, -0.05) is 22.4 Å². The molecular weight excluding hydrogens is 306 g/mol. The van der Waals surface area contributed by atoms with E-state index in [9.17, 15) is 4.79 Å². The van der Waals surface area contributed by atoms with Crippen molar-refractivity contribution in [1.29, 1.82) is 0 Å². The maximum Gasteiger partial charge on any atom is 0.137 e. The third kappa shape index (κ3) is 4.05. The third-order valence-corrected chi connectivity index (χ3v) is 3.83. The van der Waals surface area contributed by atoms with Crippen LogP contribution in [0.2, 0.25) is 0 Å². The number of benzene rings is 1. The van der Waals surface area contributed by atoms with E-state index >= 15 is 0 Å². The van der Waals surface area contributed by atoms with Gasteiger partial charge in [0.05, 0.1) is 6.61 Å². The summed E-state index contributed by atoms with van der Waals surface area (Å²) in [7, 11) is 0. The van der Waals surface area contributed by atoms with Gasteiger partial charge in [0.1, 0.15) is 11.5 Å². The van der Waals surface area contributed by atoms with E-state index in [1.54, 1.807) is 0 Å². The highest BCUT2D eigenvalue weighted by atomic mass is 79.9. The largest absolute Gasteiger partial charge is 0.493 e. The van der Waals surface area contributed by atoms with Gasteiger partial charge in [-0.2, -0.15) is 0 Å². The quantitative estimate of drug-likeness (QED) is 0.784. The molecule has 1 aliphatic rings. The number of rotatable bonds is 7. The molecule has 0 amide bonds. The summed E-state index contributed by atoms with van der Waals surface area (Å²) < 4.78 is 6.67. The van der Waals surface area contributed by atoms with E-state index in [0.29, 0.717) is 19.4 Å². The summed E-state index contributed by atoms with van der Waals surface area (Å²) in [6.07, 6.45) is 5.03. The number of carbonyl (C=O) groups excluding carboxylic acids is 1. The lowest BCUT2D eigenvalue weighted by molar-refractivity contribution is -0.118. The van der Waals surface area contributed by atoms with Crippen LogP contribution in [-0.2, 0) is 17.6 Å². The first-order valence-electron chi connectivity index (χ1n) is 6.86. The maximum absolute atomic E-state index is 12.0. The monoisotopic (exact) mass is 325 g/mol. The molecule has 19 heavy (non-hydrogen) atoms. The number of ketones is 1. The molecule has 0 fully saturated rings. The summed E-state index contributed by atoms with van der Waals surface area (Å²) in [6, 6.07) is 4.08. The molecule has 1 aliphatic heterocycles. The van der Waals surface area contributed by atoms with Gasteiger partial charge in [0, 0.05) is 29.3 Å². The smallest absolute Gasteiger partial charge is 0.137 e. The Morgan fingerprint density at radius 3 is 2.95 bits per heavy atom. The number of hydrogen-bond acceptors (Lipinski definition) is 3. The van der Waals surface area contributed by atoms with Crippen LogP contribution in [0.1, 0.15) is 36.8 Å². The number of Topliss-reactive ketones (excluding diaryl/α,β-unsaturated/α-hetero) is 1. The number of nitrogens with two attached hydrogens (primary N) is 1. The summed E-state index contributed by atoms with van der Waals surface area (Å²) in [4.78, 5) is 12.0. The summed E-state index contributed by atoms with van der Waals surface area (Å²) in [5.41, 5.74) is 7.67. The van der Waals surface area contributed by atoms with Gasteiger partial charge in [-0.05, 0) is 37.1 Å². The predicted molar refractivity (Wildman–Crippen MR) is 79.6 cm³/mol. The summed E-state index contributed by atoms with van der Waals surface area (Å²) in [6.45, 7) is 1.44. The van der Waals surface area contributed by atoms with Gasteiger partial charge in [0.15, 0.2) is 0 Å². The van der Waals surface area contributed by atoms with Crippen molar-refractivity contribution in [2.45, 2.75) is 38.5 Å². The molecular formula is C15H20BrNO2. The fourth-order valence-corrected chi connectivity index (χ4v) is 2.97. The Morgan fingerprint density at radius 1 is 1.32 bits per heavy atom. The molecule has 2 N–H and O–H groups in total. The molecule has 0 saturated heterocycles. The second kappa shape index (κ2) is 7.06. The number of fused-ring (bicyclic) bond motifs is 1. The van der Waals surface area contributed by atoms with Crippen LogP contribution in [0.3, 0.4) is 0 Å². The minimum Gasteiger partial charge on any atom is -0.493 e. The molecule has 0 spiro atoms. The van der Waals surface area contributed by atoms with Gasteiger partial charge in [-0.3, -0.25) is 4.79 Å². The number of unbranched alkanes of at least 4 members (excludes halogenated alkanes) is 2. The summed E-state index contributed by atoms with van der Waals surface area (Å²) in [5.74, 6) is 1.21. The van der Waals surface area contributed by atoms with Gasteiger partial charge in [-0.15, -0.1) is 0 Å². The van der Waals surface area contributed by atoms with Crippen LogP contribution >= 0.6 is 15.9 Å². The Bertz CT molecular complexity index is 460. The van der Waals surface area contributed by atoms with E-state index in [-0.39, 0.29) is 5.78 Å². The average Bonchev–Trinajstić information content (AvgIpc) is 2.82. The normalized spacial score (nSPS) is 13.2. The Morgan fingerprint density at radius 2 is 2.16 bits per heavy atom. The van der Waals surface area contributed by atoms with Gasteiger partial charge in [0.2, 0.25) is 0 Å². The van der Waals surface area contributed by atoms with Crippen LogP contribution < -0.4 is 10.5 Å². The Balaban J connectivity index is 1.94. The number of hydrogen-bond donors (Lipinski definition) is 1. The second-order valence-corrected chi connectivity index (χ2v) is 5.88. The van der Waals surface area contributed by atoms with E-state index in [4.69, 9.17) is 10.5 Å². The molecule has 104 valence electrons. The van der Waals surface area contributed by atoms with Crippen LogP contribution in [0.5, 0.6) is 5.75 Å². The topological polar surface area (TPSA) is 52.3 Å². The van der Waals surface area contributed by atoms with Crippen molar-refractivity contribution in [3.05, 3.63) is 27.7 Å². The Labute approximate surface area is 122 Å². The molecule has 2 rings (SSSR count). The molecule has 1 aromatic rings. The van der Waals surface area contributed by atoms with Crippen molar-refractivity contribution in [1.82, 2.24) is 0 Å². The first kappa shape index (κ1) is 14.5. The van der Waals surface area contributed by atoms with Gasteiger partial charge < -0.3 is 10.5 Å². The van der Waals surface area contributed by atoms with Crippen molar-refractivity contribution in [2.24, 2.45) is 5.73 Å². The van der Waals surface area contributed by atoms with Crippen molar-refractivity contribution in [2.75, 3.05) is 13.2 Å². The highest BCUT2D eigenvalue weighted by Crippen LogP contribution is 2.33. The zero-order chi connectivity index (χ0) is 13.7. The Hall–Kier alpha value is -0.870. The van der Waals surface area contributed by atoms with E-state index in [2.05, 4.69) is 22.0 Å². The zero-order valence-electron chi connectivity index (χ0n) is 11.1. The minimum absolute atomic E-state index is 0.285. The SMILES string of the molecule is NCCCCCC(=O)Cc1cc(Br)cc2c1OCC2. The van der Waals surface area contributed by atoms with Crippen molar-refractivity contribution >= 4 is 21.7 Å². The fourth-order valence-electron chi connectivity index (χ4n) is 2.42. The van der Waals surface area contributed by atoms with Crippen LogP contribution in [0, 0.1) is 0 Å². The summed E-state index contributed by atoms with van der Waals surface area (Å²) >= 11 is 3.50. The third-order valence-electron chi connectivity index (χ3n) is 3.37. The lowest BCUT2D eigenvalue weighted by Crippen LogP contribution is -2.05. The minimum atomic E-state index is 0.285. The van der Waals surface area contributed by atoms with Crippen molar-refractivity contribution < 1.29 is 9.53 Å². The Kier molecular flexibility index (Phi) is 5.40. The molecule has 1 heterocycles. The first-order chi connectivity index (χ1) is 9.20. The number of ether oxygens (including phenoxy) is 1. The molecule has 0 saturated carbocycles. The van der Waals surface area contributed by atoms with Crippen molar-refractivity contribution in [3.8, 4) is 5.75 Å². The maximum atomic E-state index is 12.0. The molecule has 0 atom stereocenters. The predicted octanol–water partition coefficient (Wildman–Crippen LogP) is 3.01. The standard InChI is InChI=1S/C15H20BrNO2/c16-13-8-11-5-7-19-15(11)12(9-13)10-14(18)4-2-1-3-6-17/h8-9H,1-7,10,17H2. The molecule has 0 bridgehead atoms. The average molecular weight is 326 g/mol. The van der Waals surface area contributed by atoms with Gasteiger partial charge in [-0.25, -0.2) is 0 Å². The highest BCUT2D eigenvalue weighted by Gasteiger charge is 2.18. The molecule has 3 nitrogen and oxygen atoms in total. The molecule has 0 unspecified atom stereocenters. The first-order valence-corrected chi connectivity index (χ1v) is 7.66. The fraction of sp³-hybridized carbons (Fsp3) is 0.533. The van der Waals surface area contributed by atoms with E-state index in [0.717, 1.165) is 48.1 Å². The lowest BCUT2D eigenvalue weighted by atomic mass is 10.0. The van der Waals surface area contributed by atoms with Crippen molar-refractivity contribution in [3.63, 3.8) is 0 Å². The van der Waals surface area contributed by atoms with Crippen LogP contribution in [0.4, 0.5) is 0 Å². The molecule has 0 aliphatic carbocycles. The van der Waals surface area contributed by atoms with E-state index in [1.165, 1.54) is 5.56 Å². The highest BCUT2D eigenvalue weighted by molar-refractivity contribution is 9.10. The summed E-state index contributed by atoms with van der Waals surface area (Å²) in [5, 5.41) is 0. The van der Waals surface area contributed by atoms with E-state index in [1.807, 2.05) is 6.07 Å². The number of carbonyl (C=O) groups is 1. The molecule has 0 aromatic heterocycles.